The average molecular weight is 502 g/mol. The van der Waals surface area contributed by atoms with Gasteiger partial charge in [-0.05, 0) is 43.0 Å². The number of para-hydroxylation sites is 1. The summed E-state index contributed by atoms with van der Waals surface area (Å²) in [4.78, 5) is 18.8. The van der Waals surface area contributed by atoms with Crippen LogP contribution in [0, 0.1) is 12.7 Å². The molecular formula is C26H27F4N5O. The lowest BCUT2D eigenvalue weighted by Gasteiger charge is -2.44. The Hall–Kier alpha value is -3.56. The lowest BCUT2D eigenvalue weighted by atomic mass is 10.00. The number of alkyl halides is 3. The van der Waals surface area contributed by atoms with Gasteiger partial charge in [0.05, 0.1) is 30.5 Å². The quantitative estimate of drug-likeness (QED) is 0.444. The zero-order valence-electron chi connectivity index (χ0n) is 20.1. The number of rotatable bonds is 4. The molecule has 36 heavy (non-hydrogen) atoms. The number of halogens is 4. The van der Waals surface area contributed by atoms with Crippen LogP contribution in [0.4, 0.5) is 33.9 Å². The maximum Gasteiger partial charge on any atom is 0.416 e. The van der Waals surface area contributed by atoms with Gasteiger partial charge in [0.2, 0.25) is 0 Å². The topological polar surface area (TPSA) is 44.6 Å². The van der Waals surface area contributed by atoms with E-state index in [4.69, 9.17) is 0 Å². The van der Waals surface area contributed by atoms with E-state index < -0.39 is 11.7 Å². The van der Waals surface area contributed by atoms with Crippen LogP contribution in [-0.4, -0.2) is 39.8 Å². The van der Waals surface area contributed by atoms with Crippen LogP contribution in [0.5, 0.6) is 0 Å². The molecular weight excluding hydrogens is 474 g/mol. The molecule has 1 fully saturated rings. The third-order valence-corrected chi connectivity index (χ3v) is 7.11. The summed E-state index contributed by atoms with van der Waals surface area (Å²) in [5.74, 6) is 0.240. The first kappa shape index (κ1) is 24.1. The molecule has 0 bridgehead atoms. The number of benzene rings is 2. The lowest BCUT2D eigenvalue weighted by Crippen LogP contribution is -2.54. The van der Waals surface area contributed by atoms with Crippen LogP contribution in [0.25, 0.3) is 0 Å². The molecule has 3 heterocycles. The average Bonchev–Trinajstić information content (AvgIpc) is 3.21. The molecule has 190 valence electrons. The smallest absolute Gasteiger partial charge is 0.369 e. The van der Waals surface area contributed by atoms with Crippen LogP contribution in [0.2, 0.25) is 0 Å². The van der Waals surface area contributed by atoms with Crippen LogP contribution >= 0.6 is 0 Å². The highest BCUT2D eigenvalue weighted by Gasteiger charge is 2.40. The first-order valence-corrected chi connectivity index (χ1v) is 11.9. The molecule has 2 aliphatic heterocycles. The van der Waals surface area contributed by atoms with E-state index in [0.29, 0.717) is 44.0 Å². The van der Waals surface area contributed by atoms with Gasteiger partial charge in [0.25, 0.3) is 0 Å². The molecule has 1 aromatic heterocycles. The predicted molar refractivity (Wildman–Crippen MR) is 128 cm³/mol. The van der Waals surface area contributed by atoms with Crippen LogP contribution in [-0.2, 0) is 26.3 Å². The van der Waals surface area contributed by atoms with Crippen LogP contribution < -0.4 is 9.80 Å². The highest BCUT2D eigenvalue weighted by Crippen LogP contribution is 2.37. The predicted octanol–water partition coefficient (Wildman–Crippen LogP) is 5.50. The third-order valence-electron chi connectivity index (χ3n) is 7.11. The lowest BCUT2D eigenvalue weighted by molar-refractivity contribution is -0.138. The van der Waals surface area contributed by atoms with Gasteiger partial charge in [0, 0.05) is 31.7 Å². The molecule has 2 amide bonds. The number of fused-ring (bicyclic) bond motifs is 1. The molecule has 0 saturated carbocycles. The summed E-state index contributed by atoms with van der Waals surface area (Å²) in [5.41, 5.74) is 1.50. The second kappa shape index (κ2) is 9.15. The number of carbonyl (C=O) groups is 1. The van der Waals surface area contributed by atoms with E-state index in [1.165, 1.54) is 27.8 Å². The van der Waals surface area contributed by atoms with Crippen molar-refractivity contribution >= 4 is 17.5 Å². The van der Waals surface area contributed by atoms with Gasteiger partial charge in [-0.25, -0.2) is 9.18 Å². The van der Waals surface area contributed by atoms with E-state index in [2.05, 4.69) is 5.10 Å². The van der Waals surface area contributed by atoms with Gasteiger partial charge in [0.1, 0.15) is 11.6 Å². The summed E-state index contributed by atoms with van der Waals surface area (Å²) in [6.07, 6.45) is -1.61. The summed E-state index contributed by atoms with van der Waals surface area (Å²) in [6.45, 7) is 3.15. The molecule has 0 atom stereocenters. The van der Waals surface area contributed by atoms with Gasteiger partial charge < -0.3 is 9.80 Å². The summed E-state index contributed by atoms with van der Waals surface area (Å²) in [6, 6.07) is 9.87. The SMILES string of the molecule is Cc1cccc(F)c1N1CCC(N2Cc3cnn(C)c3N(Cc3ccccc3C(F)(F)F)C2=O)CC1. The van der Waals surface area contributed by atoms with E-state index in [1.807, 2.05) is 17.9 Å². The van der Waals surface area contributed by atoms with Crippen molar-refractivity contribution in [1.29, 1.82) is 0 Å². The fraction of sp³-hybridized carbons (Fsp3) is 0.385. The minimum absolute atomic E-state index is 0.0252. The van der Waals surface area contributed by atoms with Crippen molar-refractivity contribution in [1.82, 2.24) is 14.7 Å². The number of amides is 2. The molecule has 0 radical (unpaired) electrons. The van der Waals surface area contributed by atoms with E-state index in [-0.39, 0.29) is 30.0 Å². The van der Waals surface area contributed by atoms with Crippen molar-refractivity contribution in [3.63, 3.8) is 0 Å². The Bertz CT molecular complexity index is 1260. The molecule has 0 spiro atoms. The molecule has 10 heteroatoms. The zero-order valence-corrected chi connectivity index (χ0v) is 20.1. The maximum absolute atomic E-state index is 14.5. The number of carbonyl (C=O) groups excluding carboxylic acids is 1. The van der Waals surface area contributed by atoms with Gasteiger partial charge in [-0.2, -0.15) is 18.3 Å². The number of hydrogen-bond acceptors (Lipinski definition) is 3. The Kier molecular flexibility index (Phi) is 6.13. The summed E-state index contributed by atoms with van der Waals surface area (Å²) in [5, 5.41) is 4.27. The minimum Gasteiger partial charge on any atom is -0.369 e. The number of piperidine rings is 1. The van der Waals surface area contributed by atoms with Gasteiger partial charge in [-0.15, -0.1) is 0 Å². The zero-order chi connectivity index (χ0) is 25.6. The number of anilines is 2. The fourth-order valence-electron chi connectivity index (χ4n) is 5.39. The monoisotopic (exact) mass is 501 g/mol. The van der Waals surface area contributed by atoms with Crippen molar-refractivity contribution in [2.45, 2.75) is 45.1 Å². The Balaban J connectivity index is 1.40. The van der Waals surface area contributed by atoms with Crippen molar-refractivity contribution < 1.29 is 22.4 Å². The highest BCUT2D eigenvalue weighted by molar-refractivity contribution is 5.94. The maximum atomic E-state index is 14.5. The molecule has 3 aromatic rings. The van der Waals surface area contributed by atoms with Gasteiger partial charge in [0.15, 0.2) is 0 Å². The second-order valence-corrected chi connectivity index (χ2v) is 9.39. The number of nitrogens with zero attached hydrogens (tertiary/aromatic N) is 5. The summed E-state index contributed by atoms with van der Waals surface area (Å²) >= 11 is 0. The molecule has 0 N–H and O–H groups in total. The van der Waals surface area contributed by atoms with Crippen molar-refractivity contribution in [2.24, 2.45) is 7.05 Å². The highest BCUT2D eigenvalue weighted by atomic mass is 19.4. The number of hydrogen-bond donors (Lipinski definition) is 0. The molecule has 2 aliphatic rings. The van der Waals surface area contributed by atoms with Gasteiger partial charge in [-0.1, -0.05) is 30.3 Å². The molecule has 5 rings (SSSR count). The van der Waals surface area contributed by atoms with Crippen molar-refractivity contribution in [2.75, 3.05) is 22.9 Å². The second-order valence-electron chi connectivity index (χ2n) is 9.39. The van der Waals surface area contributed by atoms with Crippen LogP contribution in [0.3, 0.4) is 0 Å². The molecule has 0 unspecified atom stereocenters. The number of aromatic nitrogens is 2. The largest absolute Gasteiger partial charge is 0.416 e. The Morgan fingerprint density at radius 3 is 2.47 bits per heavy atom. The molecule has 1 saturated heterocycles. The van der Waals surface area contributed by atoms with Crippen LogP contribution in [0.1, 0.15) is 35.1 Å². The minimum atomic E-state index is -4.53. The Labute approximate surface area is 206 Å². The van der Waals surface area contributed by atoms with E-state index >= 15 is 0 Å². The standard InChI is InChI=1S/C26H27F4N5O/c1-17-6-5-9-22(27)23(17)33-12-10-20(11-13-33)34-16-19-14-31-32(2)24(19)35(25(34)36)15-18-7-3-4-8-21(18)26(28,29)30/h3-9,14,20H,10-13,15-16H2,1-2H3. The normalized spacial score (nSPS) is 17.1. The van der Waals surface area contributed by atoms with E-state index in [0.717, 1.165) is 17.2 Å². The summed E-state index contributed by atoms with van der Waals surface area (Å²) < 4.78 is 57.0. The molecule has 6 nitrogen and oxygen atoms in total. The van der Waals surface area contributed by atoms with Crippen molar-refractivity contribution in [3.8, 4) is 0 Å². The first-order valence-electron chi connectivity index (χ1n) is 11.9. The summed E-state index contributed by atoms with van der Waals surface area (Å²) in [7, 11) is 1.68. The Morgan fingerprint density at radius 2 is 1.78 bits per heavy atom. The van der Waals surface area contributed by atoms with E-state index in [1.54, 1.807) is 30.3 Å². The Morgan fingerprint density at radius 1 is 1.06 bits per heavy atom. The molecule has 0 aliphatic carbocycles. The molecule has 2 aromatic carbocycles. The fourth-order valence-corrected chi connectivity index (χ4v) is 5.39. The number of aryl methyl sites for hydroxylation is 2. The van der Waals surface area contributed by atoms with Crippen molar-refractivity contribution in [3.05, 3.63) is 76.7 Å². The van der Waals surface area contributed by atoms with Gasteiger partial charge in [-0.3, -0.25) is 9.58 Å². The first-order chi connectivity index (χ1) is 17.1. The van der Waals surface area contributed by atoms with Crippen LogP contribution in [0.15, 0.2) is 48.7 Å². The number of urea groups is 1. The third kappa shape index (κ3) is 4.29. The van der Waals surface area contributed by atoms with E-state index in [9.17, 15) is 22.4 Å². The van der Waals surface area contributed by atoms with Gasteiger partial charge >= 0.3 is 12.2 Å².